The molecule has 1 aromatic heterocycles. The molecule has 0 bridgehead atoms. The molecule has 1 aliphatic rings. The Labute approximate surface area is 81.9 Å². The Morgan fingerprint density at radius 1 is 1.57 bits per heavy atom. The summed E-state index contributed by atoms with van der Waals surface area (Å²) in [5.41, 5.74) is 0.935. The van der Waals surface area contributed by atoms with Gasteiger partial charge in [-0.05, 0) is 18.9 Å². The maximum absolute atomic E-state index is 13.1. The summed E-state index contributed by atoms with van der Waals surface area (Å²) in [7, 11) is 1.81. The Morgan fingerprint density at radius 2 is 2.36 bits per heavy atom. The maximum Gasteiger partial charge on any atom is 0.248 e. The van der Waals surface area contributed by atoms with Crippen LogP contribution in [0, 0.1) is 0 Å². The van der Waals surface area contributed by atoms with Crippen molar-refractivity contribution in [3.05, 3.63) is 18.0 Å². The van der Waals surface area contributed by atoms with Crippen LogP contribution in [0.3, 0.4) is 0 Å². The predicted octanol–water partition coefficient (Wildman–Crippen LogP) is 2.71. The van der Waals surface area contributed by atoms with Crippen molar-refractivity contribution < 1.29 is 8.78 Å². The second-order valence-corrected chi connectivity index (χ2v) is 4.03. The van der Waals surface area contributed by atoms with E-state index in [0.29, 0.717) is 6.42 Å². The number of hydrogen-bond donors (Lipinski definition) is 0. The topological polar surface area (TPSA) is 17.8 Å². The van der Waals surface area contributed by atoms with Crippen LogP contribution in [-0.4, -0.2) is 15.7 Å². The molecule has 0 radical (unpaired) electrons. The molecule has 1 saturated carbocycles. The van der Waals surface area contributed by atoms with Crippen molar-refractivity contribution >= 4 is 0 Å². The highest BCUT2D eigenvalue weighted by Crippen LogP contribution is 2.41. The van der Waals surface area contributed by atoms with Gasteiger partial charge in [0, 0.05) is 37.7 Å². The van der Waals surface area contributed by atoms with Gasteiger partial charge in [0.15, 0.2) is 0 Å². The molecule has 2 rings (SSSR count). The Hall–Kier alpha value is -0.930. The zero-order chi connectivity index (χ0) is 10.2. The van der Waals surface area contributed by atoms with Crippen molar-refractivity contribution in [2.24, 2.45) is 7.05 Å². The van der Waals surface area contributed by atoms with E-state index < -0.39 is 5.92 Å². The van der Waals surface area contributed by atoms with Crippen LogP contribution in [0.2, 0.25) is 0 Å². The quantitative estimate of drug-likeness (QED) is 0.681. The first-order valence-electron chi connectivity index (χ1n) is 4.94. The fourth-order valence-electron chi connectivity index (χ4n) is 2.21. The molecule has 0 saturated heterocycles. The molecule has 0 aromatic carbocycles. The molecule has 1 unspecified atom stereocenters. The van der Waals surface area contributed by atoms with Crippen molar-refractivity contribution in [3.63, 3.8) is 0 Å². The fraction of sp³-hybridized carbons (Fsp3) is 0.700. The third kappa shape index (κ3) is 1.79. The summed E-state index contributed by atoms with van der Waals surface area (Å²) in [5.74, 6) is -2.50. The van der Waals surface area contributed by atoms with Gasteiger partial charge in [-0.1, -0.05) is 0 Å². The minimum absolute atomic E-state index is 0.0213. The largest absolute Gasteiger partial charge is 0.272 e. The molecule has 0 N–H and O–H groups in total. The van der Waals surface area contributed by atoms with Gasteiger partial charge in [0.25, 0.3) is 0 Å². The SMILES string of the molecule is Cn1nccc1C1CCCC(F)(F)C1. The first-order valence-corrected chi connectivity index (χ1v) is 4.94. The van der Waals surface area contributed by atoms with Gasteiger partial charge in [-0.15, -0.1) is 0 Å². The lowest BCUT2D eigenvalue weighted by Gasteiger charge is -2.28. The number of nitrogens with zero attached hydrogens (tertiary/aromatic N) is 2. The second kappa shape index (κ2) is 3.33. The molecular formula is C10H14F2N2. The van der Waals surface area contributed by atoms with E-state index >= 15 is 0 Å². The van der Waals surface area contributed by atoms with E-state index in [1.54, 1.807) is 10.9 Å². The summed E-state index contributed by atoms with van der Waals surface area (Å²) >= 11 is 0. The van der Waals surface area contributed by atoms with Gasteiger partial charge >= 0.3 is 0 Å². The normalized spacial score (nSPS) is 26.4. The third-order valence-corrected chi connectivity index (χ3v) is 2.92. The zero-order valence-electron chi connectivity index (χ0n) is 8.21. The van der Waals surface area contributed by atoms with Crippen molar-refractivity contribution in [3.8, 4) is 0 Å². The van der Waals surface area contributed by atoms with Gasteiger partial charge in [0.05, 0.1) is 0 Å². The summed E-state index contributed by atoms with van der Waals surface area (Å²) in [5, 5.41) is 4.01. The molecular weight excluding hydrogens is 186 g/mol. The number of aromatic nitrogens is 2. The highest BCUT2D eigenvalue weighted by molar-refractivity contribution is 5.09. The molecule has 1 aliphatic carbocycles. The average molecular weight is 200 g/mol. The van der Waals surface area contributed by atoms with Crippen molar-refractivity contribution in [2.45, 2.75) is 37.5 Å². The fourth-order valence-corrected chi connectivity index (χ4v) is 2.21. The van der Waals surface area contributed by atoms with E-state index in [0.717, 1.165) is 12.1 Å². The summed E-state index contributed by atoms with van der Waals surface area (Å²) in [6.07, 6.45) is 3.16. The first-order chi connectivity index (χ1) is 6.58. The van der Waals surface area contributed by atoms with Crippen LogP contribution < -0.4 is 0 Å². The molecule has 4 heteroatoms. The van der Waals surface area contributed by atoms with Crippen LogP contribution in [0.15, 0.2) is 12.3 Å². The summed E-state index contributed by atoms with van der Waals surface area (Å²) in [4.78, 5) is 0. The molecule has 14 heavy (non-hydrogen) atoms. The molecule has 0 spiro atoms. The number of alkyl halides is 2. The molecule has 1 aromatic rings. The van der Waals surface area contributed by atoms with Crippen LogP contribution in [0.25, 0.3) is 0 Å². The van der Waals surface area contributed by atoms with Crippen LogP contribution >= 0.6 is 0 Å². The van der Waals surface area contributed by atoms with Crippen LogP contribution in [0.4, 0.5) is 8.78 Å². The van der Waals surface area contributed by atoms with E-state index in [-0.39, 0.29) is 18.8 Å². The predicted molar refractivity (Wildman–Crippen MR) is 49.4 cm³/mol. The van der Waals surface area contributed by atoms with Crippen molar-refractivity contribution in [2.75, 3.05) is 0 Å². The van der Waals surface area contributed by atoms with Crippen LogP contribution in [0.1, 0.15) is 37.3 Å². The molecule has 78 valence electrons. The molecule has 1 fully saturated rings. The Kier molecular flexibility index (Phi) is 2.29. The molecule has 0 amide bonds. The standard InChI is InChI=1S/C10H14F2N2/c1-14-9(4-6-13-14)8-3-2-5-10(11,12)7-8/h4,6,8H,2-3,5,7H2,1H3. The van der Waals surface area contributed by atoms with Crippen LogP contribution in [0.5, 0.6) is 0 Å². The zero-order valence-corrected chi connectivity index (χ0v) is 8.21. The van der Waals surface area contributed by atoms with E-state index in [1.807, 2.05) is 13.1 Å². The van der Waals surface area contributed by atoms with E-state index in [9.17, 15) is 8.78 Å². The van der Waals surface area contributed by atoms with Crippen molar-refractivity contribution in [1.82, 2.24) is 9.78 Å². The third-order valence-electron chi connectivity index (χ3n) is 2.92. The average Bonchev–Trinajstić information content (AvgIpc) is 2.49. The molecule has 2 nitrogen and oxygen atoms in total. The van der Waals surface area contributed by atoms with E-state index in [1.165, 1.54) is 0 Å². The van der Waals surface area contributed by atoms with Crippen LogP contribution in [-0.2, 0) is 7.05 Å². The Morgan fingerprint density at radius 3 is 2.93 bits per heavy atom. The number of aryl methyl sites for hydroxylation is 1. The lowest BCUT2D eigenvalue weighted by Crippen LogP contribution is -2.25. The van der Waals surface area contributed by atoms with E-state index in [4.69, 9.17) is 0 Å². The molecule has 1 heterocycles. The lowest BCUT2D eigenvalue weighted by atomic mass is 9.84. The van der Waals surface area contributed by atoms with Gasteiger partial charge in [-0.25, -0.2) is 8.78 Å². The monoisotopic (exact) mass is 200 g/mol. The Bertz CT molecular complexity index is 320. The molecule has 0 aliphatic heterocycles. The maximum atomic E-state index is 13.1. The Balaban J connectivity index is 2.16. The summed E-state index contributed by atoms with van der Waals surface area (Å²) in [6.45, 7) is 0. The highest BCUT2D eigenvalue weighted by Gasteiger charge is 2.37. The van der Waals surface area contributed by atoms with Gasteiger partial charge in [-0.3, -0.25) is 4.68 Å². The van der Waals surface area contributed by atoms with E-state index in [2.05, 4.69) is 5.10 Å². The van der Waals surface area contributed by atoms with Crippen molar-refractivity contribution in [1.29, 1.82) is 0 Å². The minimum atomic E-state index is -2.48. The molecule has 1 atom stereocenters. The number of halogens is 2. The van der Waals surface area contributed by atoms with Gasteiger partial charge in [0.1, 0.15) is 0 Å². The number of rotatable bonds is 1. The van der Waals surface area contributed by atoms with Gasteiger partial charge in [-0.2, -0.15) is 5.10 Å². The van der Waals surface area contributed by atoms with Gasteiger partial charge in [0.2, 0.25) is 5.92 Å². The summed E-state index contributed by atoms with van der Waals surface area (Å²) in [6, 6.07) is 1.84. The smallest absolute Gasteiger partial charge is 0.248 e. The second-order valence-electron chi connectivity index (χ2n) is 4.03. The lowest BCUT2D eigenvalue weighted by molar-refractivity contribution is -0.0415. The summed E-state index contributed by atoms with van der Waals surface area (Å²) < 4.78 is 28.0. The number of hydrogen-bond acceptors (Lipinski definition) is 1. The first kappa shape index (κ1) is 9.62. The minimum Gasteiger partial charge on any atom is -0.272 e. The van der Waals surface area contributed by atoms with Gasteiger partial charge < -0.3 is 0 Å². The highest BCUT2D eigenvalue weighted by atomic mass is 19.3.